The molecule has 0 aromatic heterocycles. The molecule has 5 heteroatoms. The highest BCUT2D eigenvalue weighted by Gasteiger charge is 2.52. The van der Waals surface area contributed by atoms with Crippen LogP contribution in [-0.2, 0) is 11.1 Å². The number of para-hydroxylation sites is 1. The van der Waals surface area contributed by atoms with Crippen LogP contribution in [0.1, 0.15) is 37.5 Å². The van der Waals surface area contributed by atoms with Crippen LogP contribution in [0.4, 0.5) is 0 Å². The van der Waals surface area contributed by atoms with Crippen LogP contribution in [0.5, 0.6) is 5.75 Å². The molecule has 0 fully saturated rings. The van der Waals surface area contributed by atoms with Crippen molar-refractivity contribution < 1.29 is 4.74 Å². The molecule has 0 bridgehead atoms. The average molecular weight is 439 g/mol. The van der Waals surface area contributed by atoms with E-state index in [-0.39, 0.29) is 0 Å². The Morgan fingerprint density at radius 2 is 1.40 bits per heavy atom. The highest BCUT2D eigenvalue weighted by molar-refractivity contribution is 6.30. The molecule has 154 valence electrons. The first kappa shape index (κ1) is 20.8. The summed E-state index contributed by atoms with van der Waals surface area (Å²) in [6.45, 7) is 6.89. The molecule has 30 heavy (non-hydrogen) atoms. The number of hydrogen-bond donors (Lipinski definition) is 1. The first-order chi connectivity index (χ1) is 14.4. The largest absolute Gasteiger partial charge is 0.493 e. The van der Waals surface area contributed by atoms with Gasteiger partial charge in [0.15, 0.2) is 0 Å². The monoisotopic (exact) mass is 438 g/mol. The van der Waals surface area contributed by atoms with E-state index in [0.717, 1.165) is 28.3 Å². The van der Waals surface area contributed by atoms with E-state index in [0.29, 0.717) is 16.7 Å². The Kier molecular flexibility index (Phi) is 5.52. The second-order valence-electron chi connectivity index (χ2n) is 7.73. The minimum atomic E-state index is -0.583. The van der Waals surface area contributed by atoms with Crippen molar-refractivity contribution in [1.82, 2.24) is 5.32 Å². The fourth-order valence-corrected chi connectivity index (χ4v) is 4.31. The molecule has 0 amide bonds. The molecule has 0 spiro atoms. The molecule has 3 aromatic carbocycles. The van der Waals surface area contributed by atoms with Crippen molar-refractivity contribution in [3.63, 3.8) is 0 Å². The molecule has 2 atom stereocenters. The molecule has 3 aromatic rings. The van der Waals surface area contributed by atoms with Gasteiger partial charge in [0.2, 0.25) is 0 Å². The molecule has 1 heterocycles. The van der Waals surface area contributed by atoms with Crippen molar-refractivity contribution in [3.05, 3.63) is 99.5 Å². The highest BCUT2D eigenvalue weighted by atomic mass is 35.5. The molecule has 3 nitrogen and oxygen atoms in total. The predicted molar refractivity (Wildman–Crippen MR) is 125 cm³/mol. The van der Waals surface area contributed by atoms with E-state index in [1.54, 1.807) is 0 Å². The summed E-state index contributed by atoms with van der Waals surface area (Å²) in [4.78, 5) is 5.23. The number of rotatable bonds is 5. The number of aliphatic imine (C=N–C) groups is 1. The van der Waals surface area contributed by atoms with Gasteiger partial charge in [0, 0.05) is 10.0 Å². The first-order valence-corrected chi connectivity index (χ1v) is 10.8. The number of hydrogen-bond acceptors (Lipinski definition) is 3. The number of benzene rings is 3. The van der Waals surface area contributed by atoms with Crippen molar-refractivity contribution in [1.29, 1.82) is 0 Å². The summed E-state index contributed by atoms with van der Waals surface area (Å²) in [7, 11) is 0. The van der Waals surface area contributed by atoms with Gasteiger partial charge < -0.3 is 10.1 Å². The van der Waals surface area contributed by atoms with Crippen LogP contribution >= 0.6 is 23.2 Å². The van der Waals surface area contributed by atoms with Gasteiger partial charge >= 0.3 is 0 Å². The van der Waals surface area contributed by atoms with Crippen molar-refractivity contribution in [2.75, 3.05) is 6.61 Å². The normalized spacial score (nSPS) is 23.0. The Morgan fingerprint density at radius 1 is 0.833 bits per heavy atom. The highest BCUT2D eigenvalue weighted by Crippen LogP contribution is 2.48. The van der Waals surface area contributed by atoms with Crippen LogP contribution in [-0.4, -0.2) is 12.4 Å². The molecule has 0 saturated heterocycles. The SMILES string of the molecule is CCOc1ccccc1C1=N[C@@](C)(c2ccc(Cl)cc2)[C@](C)(c2ccc(Cl)cc2)N1. The number of nitrogens with zero attached hydrogens (tertiary/aromatic N) is 1. The lowest BCUT2D eigenvalue weighted by atomic mass is 9.72. The maximum Gasteiger partial charge on any atom is 0.133 e. The van der Waals surface area contributed by atoms with Gasteiger partial charge in [-0.15, -0.1) is 0 Å². The molecular weight excluding hydrogens is 415 g/mol. The van der Waals surface area contributed by atoms with Gasteiger partial charge in [-0.2, -0.15) is 0 Å². The third-order valence-electron chi connectivity index (χ3n) is 5.95. The zero-order valence-electron chi connectivity index (χ0n) is 17.2. The molecule has 0 radical (unpaired) electrons. The van der Waals surface area contributed by atoms with E-state index in [2.05, 4.69) is 31.3 Å². The van der Waals surface area contributed by atoms with Crippen molar-refractivity contribution in [3.8, 4) is 5.75 Å². The maximum atomic E-state index is 6.17. The molecular formula is C25H24Cl2N2O. The van der Waals surface area contributed by atoms with Gasteiger partial charge in [-0.05, 0) is 68.3 Å². The molecule has 1 aliphatic rings. The Balaban J connectivity index is 1.89. The summed E-state index contributed by atoms with van der Waals surface area (Å²) in [5, 5.41) is 5.12. The minimum absolute atomic E-state index is 0.514. The third kappa shape index (κ3) is 3.46. The summed E-state index contributed by atoms with van der Waals surface area (Å²) in [6.07, 6.45) is 0. The van der Waals surface area contributed by atoms with Crippen molar-refractivity contribution in [2.24, 2.45) is 4.99 Å². The van der Waals surface area contributed by atoms with Gasteiger partial charge in [0.25, 0.3) is 0 Å². The van der Waals surface area contributed by atoms with Crippen LogP contribution in [0.3, 0.4) is 0 Å². The Hall–Kier alpha value is -2.49. The van der Waals surface area contributed by atoms with Crippen molar-refractivity contribution >= 4 is 29.0 Å². The maximum absolute atomic E-state index is 6.17. The van der Waals surface area contributed by atoms with Crippen LogP contribution in [0.15, 0.2) is 77.8 Å². The predicted octanol–water partition coefficient (Wildman–Crippen LogP) is 6.57. The smallest absolute Gasteiger partial charge is 0.133 e. The summed E-state index contributed by atoms with van der Waals surface area (Å²) in [6, 6.07) is 23.8. The topological polar surface area (TPSA) is 33.6 Å². The summed E-state index contributed by atoms with van der Waals surface area (Å²) in [5.74, 6) is 1.61. The van der Waals surface area contributed by atoms with E-state index in [9.17, 15) is 0 Å². The Morgan fingerprint density at radius 3 is 2.00 bits per heavy atom. The lowest BCUT2D eigenvalue weighted by Gasteiger charge is -2.40. The summed E-state index contributed by atoms with van der Waals surface area (Å²) >= 11 is 12.3. The van der Waals surface area contributed by atoms with E-state index in [1.165, 1.54) is 0 Å². The first-order valence-electron chi connectivity index (χ1n) is 10.00. The number of amidine groups is 1. The quantitative estimate of drug-likeness (QED) is 0.488. The van der Waals surface area contributed by atoms with Gasteiger partial charge in [0.05, 0.1) is 17.7 Å². The van der Waals surface area contributed by atoms with Crippen LogP contribution in [0.25, 0.3) is 0 Å². The van der Waals surface area contributed by atoms with E-state index in [1.807, 2.05) is 67.6 Å². The summed E-state index contributed by atoms with van der Waals surface area (Å²) < 4.78 is 5.87. The van der Waals surface area contributed by atoms with Crippen molar-refractivity contribution in [2.45, 2.75) is 31.8 Å². The van der Waals surface area contributed by atoms with Gasteiger partial charge in [0.1, 0.15) is 17.1 Å². The zero-order valence-corrected chi connectivity index (χ0v) is 18.8. The fourth-order valence-electron chi connectivity index (χ4n) is 4.06. The summed E-state index contributed by atoms with van der Waals surface area (Å²) in [5.41, 5.74) is 2.01. The molecule has 0 aliphatic carbocycles. The molecule has 0 unspecified atom stereocenters. The lowest BCUT2D eigenvalue weighted by molar-refractivity contribution is 0.268. The van der Waals surface area contributed by atoms with Gasteiger partial charge in [-0.25, -0.2) is 0 Å². The van der Waals surface area contributed by atoms with E-state index in [4.69, 9.17) is 32.9 Å². The average Bonchev–Trinajstić information content (AvgIpc) is 3.02. The molecule has 1 N–H and O–H groups in total. The molecule has 0 saturated carbocycles. The third-order valence-corrected chi connectivity index (χ3v) is 6.45. The number of ether oxygens (including phenoxy) is 1. The number of halogens is 2. The minimum Gasteiger partial charge on any atom is -0.493 e. The molecule has 4 rings (SSSR count). The zero-order chi connectivity index (χ0) is 21.4. The van der Waals surface area contributed by atoms with Crippen LogP contribution < -0.4 is 10.1 Å². The Bertz CT molecular complexity index is 1080. The van der Waals surface area contributed by atoms with E-state index >= 15 is 0 Å². The van der Waals surface area contributed by atoms with Crippen LogP contribution in [0.2, 0.25) is 10.0 Å². The van der Waals surface area contributed by atoms with Gasteiger partial charge in [-0.1, -0.05) is 59.6 Å². The lowest BCUT2D eigenvalue weighted by Crippen LogP contribution is -2.50. The molecule has 1 aliphatic heterocycles. The second kappa shape index (κ2) is 7.98. The Labute approximate surface area is 187 Å². The fraction of sp³-hybridized carbons (Fsp3) is 0.240. The number of nitrogens with one attached hydrogen (secondary N) is 1. The van der Waals surface area contributed by atoms with Crippen LogP contribution in [0, 0.1) is 0 Å². The van der Waals surface area contributed by atoms with E-state index < -0.39 is 11.1 Å². The van der Waals surface area contributed by atoms with Gasteiger partial charge in [-0.3, -0.25) is 4.99 Å². The second-order valence-corrected chi connectivity index (χ2v) is 8.60. The standard InChI is InChI=1S/C25H24Cl2N2O/c1-4-30-22-8-6-5-7-21(22)23-28-24(2,17-9-13-19(26)14-10-17)25(3,29-23)18-11-15-20(27)16-12-18/h5-16H,4H2,1-3H3,(H,28,29)/t24-,25-/m0/s1.